The normalized spacial score (nSPS) is 10.7. The monoisotopic (exact) mass is 396 g/mol. The van der Waals surface area contributed by atoms with Crippen LogP contribution in [0.1, 0.15) is 9.67 Å². The van der Waals surface area contributed by atoms with Crippen molar-refractivity contribution in [2.75, 3.05) is 20.3 Å². The van der Waals surface area contributed by atoms with Gasteiger partial charge in [0.15, 0.2) is 0 Å². The number of carbonyl (C=O) groups excluding carboxylic acids is 1. The zero-order valence-corrected chi connectivity index (χ0v) is 15.6. The number of halogens is 2. The smallest absolute Gasteiger partial charge is 0.350 e. The summed E-state index contributed by atoms with van der Waals surface area (Å²) in [7, 11) is 1.60. The molecule has 0 N–H and O–H groups in total. The number of hydrogen-bond donors (Lipinski definition) is 0. The number of fused-ring (bicyclic) bond motifs is 1. The van der Waals surface area contributed by atoms with E-state index in [1.165, 1.54) is 11.3 Å². The minimum absolute atomic E-state index is 0.121. The topological polar surface area (TPSA) is 44.8 Å². The third-order valence-corrected chi connectivity index (χ3v) is 5.29. The molecule has 0 saturated carbocycles. The van der Waals surface area contributed by atoms with E-state index in [2.05, 4.69) is 0 Å². The molecule has 25 heavy (non-hydrogen) atoms. The average Bonchev–Trinajstić information content (AvgIpc) is 2.95. The molecule has 3 rings (SSSR count). The Balaban J connectivity index is 1.56. The second-order valence-electron chi connectivity index (χ2n) is 5.05. The molecule has 0 bridgehead atoms. The maximum absolute atomic E-state index is 12.2. The van der Waals surface area contributed by atoms with Gasteiger partial charge in [-0.2, -0.15) is 0 Å². The minimum atomic E-state index is -0.472. The predicted octanol–water partition coefficient (Wildman–Crippen LogP) is 5.45. The zero-order valence-electron chi connectivity index (χ0n) is 13.3. The molecule has 1 aromatic heterocycles. The molecular weight excluding hydrogens is 383 g/mol. The molecule has 0 unspecified atom stereocenters. The molecule has 7 heteroatoms. The van der Waals surface area contributed by atoms with Gasteiger partial charge in [0, 0.05) is 15.1 Å². The van der Waals surface area contributed by atoms with Crippen LogP contribution in [0.25, 0.3) is 10.1 Å². The van der Waals surface area contributed by atoms with Gasteiger partial charge in [0.05, 0.1) is 12.1 Å². The minimum Gasteiger partial charge on any atom is -0.497 e. The first-order chi connectivity index (χ1) is 12.1. The van der Waals surface area contributed by atoms with Gasteiger partial charge in [-0.3, -0.25) is 0 Å². The van der Waals surface area contributed by atoms with Crippen LogP contribution in [0.5, 0.6) is 11.5 Å². The fourth-order valence-corrected chi connectivity index (χ4v) is 3.88. The van der Waals surface area contributed by atoms with Gasteiger partial charge in [0.2, 0.25) is 0 Å². The zero-order chi connectivity index (χ0) is 17.8. The molecule has 0 aliphatic heterocycles. The standard InChI is InChI=1S/C18H14Cl2O4S/c1-22-12-3-5-13(6-4-12)23-8-9-24-18(21)17-16(20)14-7-2-11(19)10-15(14)25-17/h2-7,10H,8-9H2,1H3. The van der Waals surface area contributed by atoms with Crippen molar-refractivity contribution in [2.45, 2.75) is 0 Å². The van der Waals surface area contributed by atoms with Gasteiger partial charge >= 0.3 is 5.97 Å². The van der Waals surface area contributed by atoms with Crippen LogP contribution < -0.4 is 9.47 Å². The highest BCUT2D eigenvalue weighted by Gasteiger charge is 2.18. The summed E-state index contributed by atoms with van der Waals surface area (Å²) in [5.41, 5.74) is 0. The Kier molecular flexibility index (Phi) is 5.68. The summed E-state index contributed by atoms with van der Waals surface area (Å²) in [5.74, 6) is 0.949. The van der Waals surface area contributed by atoms with E-state index >= 15 is 0 Å². The number of esters is 1. The second-order valence-corrected chi connectivity index (χ2v) is 6.91. The largest absolute Gasteiger partial charge is 0.497 e. The van der Waals surface area contributed by atoms with Gasteiger partial charge in [-0.1, -0.05) is 29.3 Å². The van der Waals surface area contributed by atoms with E-state index in [9.17, 15) is 4.79 Å². The van der Waals surface area contributed by atoms with E-state index in [4.69, 9.17) is 37.4 Å². The van der Waals surface area contributed by atoms with Crippen LogP contribution >= 0.6 is 34.5 Å². The number of ether oxygens (including phenoxy) is 3. The van der Waals surface area contributed by atoms with Gasteiger partial charge in [-0.15, -0.1) is 11.3 Å². The second kappa shape index (κ2) is 7.95. The Bertz CT molecular complexity index is 890. The van der Waals surface area contributed by atoms with Crippen molar-refractivity contribution in [3.05, 3.63) is 57.4 Å². The number of rotatable bonds is 6. The third-order valence-electron chi connectivity index (χ3n) is 3.42. The number of hydrogen-bond acceptors (Lipinski definition) is 5. The van der Waals surface area contributed by atoms with E-state index in [1.54, 1.807) is 49.6 Å². The van der Waals surface area contributed by atoms with Gasteiger partial charge < -0.3 is 14.2 Å². The molecule has 130 valence electrons. The van der Waals surface area contributed by atoms with Crippen molar-refractivity contribution in [1.29, 1.82) is 0 Å². The third kappa shape index (κ3) is 4.18. The van der Waals surface area contributed by atoms with Gasteiger partial charge in [-0.25, -0.2) is 4.79 Å². The van der Waals surface area contributed by atoms with Crippen molar-refractivity contribution in [3.63, 3.8) is 0 Å². The van der Waals surface area contributed by atoms with Crippen LogP contribution in [-0.4, -0.2) is 26.3 Å². The Morgan fingerprint density at radius 1 is 1.04 bits per heavy atom. The Morgan fingerprint density at radius 3 is 2.48 bits per heavy atom. The highest BCUT2D eigenvalue weighted by atomic mass is 35.5. The molecule has 0 atom stereocenters. The highest BCUT2D eigenvalue weighted by molar-refractivity contribution is 7.21. The first-order valence-corrected chi connectivity index (χ1v) is 8.97. The molecule has 4 nitrogen and oxygen atoms in total. The fourth-order valence-electron chi connectivity index (χ4n) is 2.20. The van der Waals surface area contributed by atoms with E-state index in [0.29, 0.717) is 20.7 Å². The molecule has 0 radical (unpaired) electrons. The van der Waals surface area contributed by atoms with Gasteiger partial charge in [0.1, 0.15) is 29.6 Å². The molecule has 0 fully saturated rings. The molecule has 0 amide bonds. The lowest BCUT2D eigenvalue weighted by Crippen LogP contribution is -2.11. The van der Waals surface area contributed by atoms with Gasteiger partial charge in [-0.05, 0) is 36.4 Å². The quantitative estimate of drug-likeness (QED) is 0.410. The highest BCUT2D eigenvalue weighted by Crippen LogP contribution is 2.37. The van der Waals surface area contributed by atoms with Crippen molar-refractivity contribution < 1.29 is 19.0 Å². The Labute approximate surface area is 158 Å². The summed E-state index contributed by atoms with van der Waals surface area (Å²) >= 11 is 13.5. The van der Waals surface area contributed by atoms with Crippen LogP contribution in [0.15, 0.2) is 42.5 Å². The van der Waals surface area contributed by atoms with E-state index in [1.807, 2.05) is 0 Å². The summed E-state index contributed by atoms with van der Waals surface area (Å²) in [6.45, 7) is 0.364. The summed E-state index contributed by atoms with van der Waals surface area (Å²) < 4.78 is 16.7. The molecule has 1 heterocycles. The number of carbonyl (C=O) groups is 1. The molecular formula is C18H14Cl2O4S. The summed E-state index contributed by atoms with van der Waals surface area (Å²) in [6, 6.07) is 12.5. The van der Waals surface area contributed by atoms with Gasteiger partial charge in [0.25, 0.3) is 0 Å². The van der Waals surface area contributed by atoms with Crippen molar-refractivity contribution in [2.24, 2.45) is 0 Å². The molecule has 0 saturated heterocycles. The molecule has 0 spiro atoms. The van der Waals surface area contributed by atoms with Crippen molar-refractivity contribution in [3.8, 4) is 11.5 Å². The number of methoxy groups -OCH3 is 1. The predicted molar refractivity (Wildman–Crippen MR) is 101 cm³/mol. The van der Waals surface area contributed by atoms with Crippen LogP contribution in [-0.2, 0) is 4.74 Å². The lowest BCUT2D eigenvalue weighted by molar-refractivity contribution is 0.0456. The molecule has 0 aliphatic rings. The lowest BCUT2D eigenvalue weighted by Gasteiger charge is -2.07. The van der Waals surface area contributed by atoms with Crippen LogP contribution in [0.3, 0.4) is 0 Å². The SMILES string of the molecule is COc1ccc(OCCOC(=O)c2sc3cc(Cl)ccc3c2Cl)cc1. The molecule has 2 aromatic carbocycles. The Hall–Kier alpha value is -1.95. The van der Waals surface area contributed by atoms with Crippen LogP contribution in [0.2, 0.25) is 10.0 Å². The lowest BCUT2D eigenvalue weighted by atomic mass is 10.2. The first kappa shape index (κ1) is 17.9. The molecule has 3 aromatic rings. The summed E-state index contributed by atoms with van der Waals surface area (Å²) in [6.07, 6.45) is 0. The average molecular weight is 397 g/mol. The number of benzene rings is 2. The number of thiophene rings is 1. The van der Waals surface area contributed by atoms with E-state index in [-0.39, 0.29) is 13.2 Å². The maximum atomic E-state index is 12.2. The molecule has 0 aliphatic carbocycles. The van der Waals surface area contributed by atoms with Crippen molar-refractivity contribution >= 4 is 50.6 Å². The first-order valence-electron chi connectivity index (χ1n) is 7.40. The van der Waals surface area contributed by atoms with E-state index < -0.39 is 5.97 Å². The van der Waals surface area contributed by atoms with E-state index in [0.717, 1.165) is 15.8 Å². The van der Waals surface area contributed by atoms with Crippen LogP contribution in [0, 0.1) is 0 Å². The maximum Gasteiger partial charge on any atom is 0.350 e. The van der Waals surface area contributed by atoms with Crippen LogP contribution in [0.4, 0.5) is 0 Å². The summed E-state index contributed by atoms with van der Waals surface area (Å²) in [5, 5.41) is 1.77. The fraction of sp³-hybridized carbons (Fsp3) is 0.167. The Morgan fingerprint density at radius 2 is 1.76 bits per heavy atom. The van der Waals surface area contributed by atoms with Crippen molar-refractivity contribution in [1.82, 2.24) is 0 Å². The summed E-state index contributed by atoms with van der Waals surface area (Å²) in [4.78, 5) is 12.6.